The molecular weight excluding hydrogens is 781 g/mol. The molecular formula is C51H64N4O7. The highest BCUT2D eigenvalue weighted by Crippen LogP contribution is 2.44. The first kappa shape index (κ1) is 45.0. The number of benzene rings is 4. The Morgan fingerprint density at radius 2 is 1.52 bits per heavy atom. The number of nitrogens with one attached hydrogen (secondary N) is 3. The van der Waals surface area contributed by atoms with E-state index in [1.165, 1.54) is 26.4 Å². The third kappa shape index (κ3) is 11.1. The van der Waals surface area contributed by atoms with Crippen LogP contribution in [0.1, 0.15) is 106 Å². The van der Waals surface area contributed by atoms with Gasteiger partial charge in [0.1, 0.15) is 6.04 Å². The van der Waals surface area contributed by atoms with E-state index in [-0.39, 0.29) is 48.8 Å². The first-order chi connectivity index (χ1) is 29.9. The van der Waals surface area contributed by atoms with E-state index in [0.717, 1.165) is 58.2 Å². The van der Waals surface area contributed by atoms with E-state index >= 15 is 0 Å². The normalized spacial score (nSPS) is 24.6. The maximum absolute atomic E-state index is 14.0. The van der Waals surface area contributed by atoms with Crippen molar-refractivity contribution in [2.75, 3.05) is 13.7 Å². The Bertz CT molecular complexity index is 2110. The van der Waals surface area contributed by atoms with Crippen LogP contribution in [0.5, 0.6) is 0 Å². The quantitative estimate of drug-likeness (QED) is 0.0990. The van der Waals surface area contributed by atoms with Gasteiger partial charge in [0.15, 0.2) is 6.29 Å². The van der Waals surface area contributed by atoms with Crippen molar-refractivity contribution >= 4 is 17.9 Å². The molecule has 1 aliphatic carbocycles. The number of hydrogen-bond acceptors (Lipinski definition) is 8. The average molecular weight is 845 g/mol. The molecule has 0 unspecified atom stereocenters. The van der Waals surface area contributed by atoms with E-state index in [9.17, 15) is 19.5 Å². The Kier molecular flexibility index (Phi) is 14.8. The lowest BCUT2D eigenvalue weighted by molar-refractivity contribution is -0.278. The predicted octanol–water partition coefficient (Wildman–Crippen LogP) is 8.16. The van der Waals surface area contributed by atoms with Crippen LogP contribution in [0.3, 0.4) is 0 Å². The zero-order valence-corrected chi connectivity index (χ0v) is 36.8. The summed E-state index contributed by atoms with van der Waals surface area (Å²) in [5.74, 6) is 0.124. The second-order valence-corrected chi connectivity index (χ2v) is 18.3. The molecule has 1 saturated carbocycles. The maximum atomic E-state index is 14.0. The van der Waals surface area contributed by atoms with Crippen molar-refractivity contribution in [3.63, 3.8) is 0 Å². The van der Waals surface area contributed by atoms with Gasteiger partial charge in [0, 0.05) is 42.6 Å². The molecule has 2 aliphatic heterocycles. The largest absolute Gasteiger partial charge is 0.467 e. The molecule has 3 amide bonds. The SMILES string of the molecule is COC(=O)[C@H](Cc1ccccc1)NC(=O)NCc1ccccc1-c1ccc([C@H]2O[C@@H](CN3[C@@H](C(=O)NC(C)(C)C)CC[C@H]4CCCC[C@H]43)[C@@H](C)[C@@H](c3ccc(CO)cc3)O2)cc1. The standard InChI is InChI=1S/C51H64N4O7/c1-33-45(31-55-43-18-12-10-15-37(43)27-28-44(55)47(57)54-51(2,3)4)61-49(62-46(33)38-21-19-35(32-56)20-22-38)39-25-23-36(24-26-39)41-17-11-9-16-40(41)30-52-50(59)53-42(48(58)60-5)29-34-13-7-6-8-14-34/h6-9,11,13-14,16-17,19-26,33,37,42-46,49,56H,10,12,15,18,27-32H2,1-5H3,(H,54,57)(H2,52,53,59)/t33-,37-,42+,43-,44-,45+,46+,49+/m1/s1. The van der Waals surface area contributed by atoms with Crippen LogP contribution in [0.2, 0.25) is 0 Å². The van der Waals surface area contributed by atoms with Crippen molar-refractivity contribution in [1.29, 1.82) is 0 Å². The van der Waals surface area contributed by atoms with Gasteiger partial charge in [0.25, 0.3) is 0 Å². The number of methoxy groups -OCH3 is 1. The highest BCUT2D eigenvalue weighted by molar-refractivity contribution is 5.84. The minimum absolute atomic E-state index is 0.0291. The van der Waals surface area contributed by atoms with Gasteiger partial charge < -0.3 is 35.3 Å². The second kappa shape index (κ2) is 20.4. The van der Waals surface area contributed by atoms with E-state index in [1.54, 1.807) is 0 Å². The minimum atomic E-state index is -0.838. The molecule has 3 aliphatic rings. The van der Waals surface area contributed by atoms with Gasteiger partial charge in [-0.3, -0.25) is 9.69 Å². The van der Waals surface area contributed by atoms with Gasteiger partial charge in [-0.05, 0) is 85.8 Å². The number of carbonyl (C=O) groups is 3. The third-order valence-electron chi connectivity index (χ3n) is 12.8. The summed E-state index contributed by atoms with van der Waals surface area (Å²) < 4.78 is 18.8. The molecule has 4 aromatic rings. The van der Waals surface area contributed by atoms with Gasteiger partial charge in [-0.2, -0.15) is 0 Å². The molecule has 7 rings (SSSR count). The first-order valence-corrected chi connectivity index (χ1v) is 22.3. The number of rotatable bonds is 13. The lowest BCUT2D eigenvalue weighted by Gasteiger charge is -2.51. The molecule has 11 heteroatoms. The Morgan fingerprint density at radius 3 is 2.23 bits per heavy atom. The molecule has 3 fully saturated rings. The van der Waals surface area contributed by atoms with Crippen molar-refractivity contribution in [1.82, 2.24) is 20.9 Å². The average Bonchev–Trinajstić information content (AvgIpc) is 3.28. The molecule has 8 atom stereocenters. The van der Waals surface area contributed by atoms with E-state index in [1.807, 2.05) is 112 Å². The van der Waals surface area contributed by atoms with E-state index < -0.39 is 24.3 Å². The van der Waals surface area contributed by atoms with Crippen molar-refractivity contribution < 1.29 is 33.7 Å². The number of hydrogen-bond donors (Lipinski definition) is 4. The summed E-state index contributed by atoms with van der Waals surface area (Å²) in [6, 6.07) is 32.4. The lowest BCUT2D eigenvalue weighted by atomic mass is 9.75. The van der Waals surface area contributed by atoms with Crippen LogP contribution in [0.25, 0.3) is 11.1 Å². The van der Waals surface area contributed by atoms with Gasteiger partial charge in [-0.25, -0.2) is 9.59 Å². The summed E-state index contributed by atoms with van der Waals surface area (Å²) in [5, 5.41) is 18.8. The van der Waals surface area contributed by atoms with Crippen LogP contribution in [0.4, 0.5) is 4.79 Å². The molecule has 2 heterocycles. The fourth-order valence-electron chi connectivity index (χ4n) is 9.61. The minimum Gasteiger partial charge on any atom is -0.467 e. The molecule has 0 spiro atoms. The van der Waals surface area contributed by atoms with Crippen LogP contribution in [0.15, 0.2) is 103 Å². The lowest BCUT2D eigenvalue weighted by Crippen LogP contribution is -2.61. The Hall–Kier alpha value is -5.07. The van der Waals surface area contributed by atoms with Gasteiger partial charge in [0.05, 0.1) is 32.0 Å². The monoisotopic (exact) mass is 844 g/mol. The third-order valence-corrected chi connectivity index (χ3v) is 12.8. The Labute approximate surface area is 366 Å². The van der Waals surface area contributed by atoms with Crippen LogP contribution in [-0.2, 0) is 43.4 Å². The molecule has 62 heavy (non-hydrogen) atoms. The van der Waals surface area contributed by atoms with Crippen LogP contribution < -0.4 is 16.0 Å². The van der Waals surface area contributed by atoms with Gasteiger partial charge in [0.2, 0.25) is 5.91 Å². The number of carbonyl (C=O) groups excluding carboxylic acids is 3. The predicted molar refractivity (Wildman–Crippen MR) is 240 cm³/mol. The topological polar surface area (TPSA) is 138 Å². The Balaban J connectivity index is 1.10. The summed E-state index contributed by atoms with van der Waals surface area (Å²) in [7, 11) is 1.31. The van der Waals surface area contributed by atoms with Crippen molar-refractivity contribution in [2.24, 2.45) is 11.8 Å². The van der Waals surface area contributed by atoms with Crippen LogP contribution in [0, 0.1) is 11.8 Å². The number of aliphatic hydroxyl groups is 1. The van der Waals surface area contributed by atoms with Crippen LogP contribution in [-0.4, -0.2) is 71.3 Å². The van der Waals surface area contributed by atoms with Crippen molar-refractivity contribution in [2.45, 2.75) is 128 Å². The van der Waals surface area contributed by atoms with E-state index in [0.29, 0.717) is 24.9 Å². The fraction of sp³-hybridized carbons (Fsp3) is 0.471. The smallest absolute Gasteiger partial charge is 0.328 e. The molecule has 0 radical (unpaired) electrons. The summed E-state index contributed by atoms with van der Waals surface area (Å²) in [6.45, 7) is 9.13. The van der Waals surface area contributed by atoms with Gasteiger partial charge in [-0.1, -0.05) is 123 Å². The van der Waals surface area contributed by atoms with Gasteiger partial charge >= 0.3 is 12.0 Å². The second-order valence-electron chi connectivity index (χ2n) is 18.3. The zero-order valence-electron chi connectivity index (χ0n) is 36.8. The maximum Gasteiger partial charge on any atom is 0.328 e. The molecule has 4 N–H and O–H groups in total. The van der Waals surface area contributed by atoms with E-state index in [4.69, 9.17) is 14.2 Å². The summed E-state index contributed by atoms with van der Waals surface area (Å²) in [4.78, 5) is 42.1. The highest BCUT2D eigenvalue weighted by Gasteiger charge is 2.46. The zero-order chi connectivity index (χ0) is 43.8. The summed E-state index contributed by atoms with van der Waals surface area (Å²) in [6.07, 6.45) is 5.72. The number of piperidine rings is 1. The first-order valence-electron chi connectivity index (χ1n) is 22.3. The Morgan fingerprint density at radius 1 is 0.823 bits per heavy atom. The number of ether oxygens (including phenoxy) is 3. The number of urea groups is 1. The number of esters is 1. The van der Waals surface area contributed by atoms with E-state index in [2.05, 4.69) is 39.9 Å². The molecule has 330 valence electrons. The molecule has 2 saturated heterocycles. The molecule has 0 bridgehead atoms. The molecule has 0 aromatic heterocycles. The highest BCUT2D eigenvalue weighted by atomic mass is 16.7. The van der Waals surface area contributed by atoms with Crippen LogP contribution >= 0.6 is 0 Å². The summed E-state index contributed by atoms with van der Waals surface area (Å²) >= 11 is 0. The summed E-state index contributed by atoms with van der Waals surface area (Å²) in [5.41, 5.74) is 6.14. The van der Waals surface area contributed by atoms with Gasteiger partial charge in [-0.15, -0.1) is 0 Å². The number of nitrogens with zero attached hydrogens (tertiary/aromatic N) is 1. The number of fused-ring (bicyclic) bond motifs is 1. The molecule has 11 nitrogen and oxygen atoms in total. The number of amides is 3. The fourth-order valence-corrected chi connectivity index (χ4v) is 9.61. The number of aliphatic hydroxyl groups excluding tert-OH is 1. The van der Waals surface area contributed by atoms with Crippen molar-refractivity contribution in [3.8, 4) is 11.1 Å². The molecule has 4 aromatic carbocycles. The van der Waals surface area contributed by atoms with Crippen molar-refractivity contribution in [3.05, 3.63) is 131 Å². The number of likely N-dealkylation sites (tertiary alicyclic amines) is 1.